The molecule has 0 bridgehead atoms. The highest BCUT2D eigenvalue weighted by molar-refractivity contribution is 9.10. The summed E-state index contributed by atoms with van der Waals surface area (Å²) in [5, 5.41) is 0. The van der Waals surface area contributed by atoms with Crippen molar-refractivity contribution in [1.82, 2.24) is 5.43 Å². The number of para-hydroxylation sites is 1. The quantitative estimate of drug-likeness (QED) is 0.822. The predicted octanol–water partition coefficient (Wildman–Crippen LogP) is 3.71. The Bertz CT molecular complexity index is 525. The molecule has 0 aliphatic heterocycles. The van der Waals surface area contributed by atoms with Gasteiger partial charge in [-0.1, -0.05) is 18.2 Å². The third-order valence-electron chi connectivity index (χ3n) is 2.56. The van der Waals surface area contributed by atoms with E-state index in [4.69, 9.17) is 4.74 Å². The molecule has 0 aliphatic rings. The lowest BCUT2D eigenvalue weighted by molar-refractivity contribution is 0.383. The van der Waals surface area contributed by atoms with Gasteiger partial charge in [0, 0.05) is 12.2 Å². The highest BCUT2D eigenvalue weighted by atomic mass is 79.9. The zero-order valence-corrected chi connectivity index (χ0v) is 12.0. The third kappa shape index (κ3) is 3.68. The number of nitrogens with one attached hydrogen (secondary N) is 2. The average Bonchev–Trinajstić information content (AvgIpc) is 2.40. The molecule has 100 valence electrons. The van der Waals surface area contributed by atoms with Gasteiger partial charge in [-0.3, -0.25) is 0 Å². The summed E-state index contributed by atoms with van der Waals surface area (Å²) in [5.41, 5.74) is 7.84. The fourth-order valence-electron chi connectivity index (χ4n) is 1.68. The average molecular weight is 325 g/mol. The van der Waals surface area contributed by atoms with Crippen LogP contribution in [0.5, 0.6) is 5.75 Å². The van der Waals surface area contributed by atoms with Gasteiger partial charge in [-0.05, 0) is 45.8 Å². The molecule has 0 amide bonds. The summed E-state index contributed by atoms with van der Waals surface area (Å²) in [4.78, 5) is 0. The molecular formula is C14H14BrFN2O. The monoisotopic (exact) mass is 324 g/mol. The Labute approximate surface area is 119 Å². The number of anilines is 1. The lowest BCUT2D eigenvalue weighted by Gasteiger charge is -2.10. The van der Waals surface area contributed by atoms with Crippen LogP contribution < -0.4 is 15.6 Å². The second-order valence-corrected chi connectivity index (χ2v) is 4.79. The molecule has 0 aromatic heterocycles. The van der Waals surface area contributed by atoms with Crippen LogP contribution in [0.25, 0.3) is 0 Å². The molecule has 0 atom stereocenters. The molecule has 3 nitrogen and oxygen atoms in total. The van der Waals surface area contributed by atoms with Crippen molar-refractivity contribution in [2.75, 3.05) is 12.5 Å². The molecule has 0 saturated carbocycles. The minimum Gasteiger partial charge on any atom is -0.492 e. The number of halogens is 2. The summed E-state index contributed by atoms with van der Waals surface area (Å²) < 4.78 is 19.2. The van der Waals surface area contributed by atoms with E-state index < -0.39 is 0 Å². The van der Waals surface area contributed by atoms with Crippen LogP contribution in [0.2, 0.25) is 0 Å². The molecule has 2 rings (SSSR count). The van der Waals surface area contributed by atoms with Gasteiger partial charge in [0.15, 0.2) is 11.6 Å². The van der Waals surface area contributed by atoms with Crippen LogP contribution in [0.3, 0.4) is 0 Å². The third-order valence-corrected chi connectivity index (χ3v) is 3.15. The van der Waals surface area contributed by atoms with Crippen LogP contribution in [-0.4, -0.2) is 7.11 Å². The Balaban J connectivity index is 1.97. The van der Waals surface area contributed by atoms with Crippen molar-refractivity contribution in [3.8, 4) is 5.75 Å². The number of methoxy groups -OCH3 is 1. The van der Waals surface area contributed by atoms with Crippen LogP contribution in [-0.2, 0) is 6.54 Å². The highest BCUT2D eigenvalue weighted by Gasteiger charge is 2.09. The number of ether oxygens (including phenoxy) is 1. The van der Waals surface area contributed by atoms with Crippen LogP contribution in [0.1, 0.15) is 5.56 Å². The largest absolute Gasteiger partial charge is 0.492 e. The van der Waals surface area contributed by atoms with Crippen molar-refractivity contribution >= 4 is 21.6 Å². The van der Waals surface area contributed by atoms with E-state index in [9.17, 15) is 4.39 Å². The number of benzene rings is 2. The van der Waals surface area contributed by atoms with Gasteiger partial charge >= 0.3 is 0 Å². The lowest BCUT2D eigenvalue weighted by atomic mass is 10.2. The van der Waals surface area contributed by atoms with Gasteiger partial charge in [0.25, 0.3) is 0 Å². The number of rotatable bonds is 5. The van der Waals surface area contributed by atoms with E-state index in [0.717, 1.165) is 11.3 Å². The minimum absolute atomic E-state index is 0.222. The Hall–Kier alpha value is -1.59. The van der Waals surface area contributed by atoms with Crippen molar-refractivity contribution in [2.45, 2.75) is 6.54 Å². The van der Waals surface area contributed by atoms with Gasteiger partial charge in [0.2, 0.25) is 0 Å². The second-order valence-electron chi connectivity index (χ2n) is 3.94. The van der Waals surface area contributed by atoms with Crippen molar-refractivity contribution in [3.05, 3.63) is 58.3 Å². The van der Waals surface area contributed by atoms with Gasteiger partial charge in [0.1, 0.15) is 0 Å². The molecule has 0 fully saturated rings. The number of hydrazine groups is 1. The molecule has 0 radical (unpaired) electrons. The van der Waals surface area contributed by atoms with Gasteiger partial charge in [-0.15, -0.1) is 0 Å². The summed E-state index contributed by atoms with van der Waals surface area (Å²) in [6.45, 7) is 0.494. The fourth-order valence-corrected chi connectivity index (χ4v) is 2.32. The van der Waals surface area contributed by atoms with Gasteiger partial charge in [0.05, 0.1) is 11.6 Å². The maximum Gasteiger partial charge on any atom is 0.168 e. The predicted molar refractivity (Wildman–Crippen MR) is 77.6 cm³/mol. The normalized spacial score (nSPS) is 10.3. The maximum absolute atomic E-state index is 13.7. The summed E-state index contributed by atoms with van der Waals surface area (Å²) in [6.07, 6.45) is 0. The molecule has 0 aliphatic carbocycles. The van der Waals surface area contributed by atoms with Crippen LogP contribution in [0.15, 0.2) is 46.9 Å². The van der Waals surface area contributed by atoms with Gasteiger partial charge < -0.3 is 10.2 Å². The maximum atomic E-state index is 13.7. The van der Waals surface area contributed by atoms with Gasteiger partial charge in [-0.25, -0.2) is 9.82 Å². The molecule has 0 heterocycles. The number of hydrogen-bond acceptors (Lipinski definition) is 3. The van der Waals surface area contributed by atoms with Crippen molar-refractivity contribution < 1.29 is 9.13 Å². The van der Waals surface area contributed by atoms with Crippen molar-refractivity contribution in [3.63, 3.8) is 0 Å². The van der Waals surface area contributed by atoms with Crippen LogP contribution >= 0.6 is 15.9 Å². The smallest absolute Gasteiger partial charge is 0.168 e. The Morgan fingerprint density at radius 2 is 1.95 bits per heavy atom. The molecule has 2 aromatic rings. The molecule has 2 N–H and O–H groups in total. The second kappa shape index (κ2) is 6.54. The molecule has 0 unspecified atom stereocenters. The first kappa shape index (κ1) is 13.8. The number of hydrogen-bond donors (Lipinski definition) is 2. The zero-order chi connectivity index (χ0) is 13.7. The van der Waals surface area contributed by atoms with Crippen molar-refractivity contribution in [1.29, 1.82) is 0 Å². The molecule has 0 spiro atoms. The summed E-state index contributed by atoms with van der Waals surface area (Å²) in [7, 11) is 1.44. The first-order chi connectivity index (χ1) is 9.20. The first-order valence-corrected chi connectivity index (χ1v) is 6.56. The topological polar surface area (TPSA) is 33.3 Å². The zero-order valence-electron chi connectivity index (χ0n) is 10.4. The van der Waals surface area contributed by atoms with Gasteiger partial charge in [-0.2, -0.15) is 0 Å². The standard InChI is InChI=1S/C14H14BrFN2O/c1-19-14-12(15)7-10(8-13(14)16)9-17-18-11-5-3-2-4-6-11/h2-8,17-18H,9H2,1H3. The molecule has 19 heavy (non-hydrogen) atoms. The van der Waals surface area contributed by atoms with E-state index in [1.54, 1.807) is 0 Å². The van der Waals surface area contributed by atoms with E-state index in [1.807, 2.05) is 36.4 Å². The Morgan fingerprint density at radius 3 is 2.58 bits per heavy atom. The van der Waals surface area contributed by atoms with E-state index in [0.29, 0.717) is 11.0 Å². The molecule has 5 heteroatoms. The summed E-state index contributed by atoms with van der Waals surface area (Å²) in [6, 6.07) is 13.0. The van der Waals surface area contributed by atoms with Crippen LogP contribution in [0.4, 0.5) is 10.1 Å². The first-order valence-electron chi connectivity index (χ1n) is 5.76. The fraction of sp³-hybridized carbons (Fsp3) is 0.143. The lowest BCUT2D eigenvalue weighted by Crippen LogP contribution is -2.20. The van der Waals surface area contributed by atoms with Crippen LogP contribution in [0, 0.1) is 5.82 Å². The molecule has 2 aromatic carbocycles. The van der Waals surface area contributed by atoms with E-state index >= 15 is 0 Å². The summed E-state index contributed by atoms with van der Waals surface area (Å²) >= 11 is 3.28. The SMILES string of the molecule is COc1c(F)cc(CNNc2ccccc2)cc1Br. The van der Waals surface area contributed by atoms with E-state index in [-0.39, 0.29) is 11.6 Å². The highest BCUT2D eigenvalue weighted by Crippen LogP contribution is 2.29. The Kier molecular flexibility index (Phi) is 4.76. The minimum atomic E-state index is -0.381. The summed E-state index contributed by atoms with van der Waals surface area (Å²) in [5.74, 6) is -0.159. The van der Waals surface area contributed by atoms with E-state index in [1.165, 1.54) is 13.2 Å². The molecule has 0 saturated heterocycles. The van der Waals surface area contributed by atoms with E-state index in [2.05, 4.69) is 26.8 Å². The van der Waals surface area contributed by atoms with Crippen molar-refractivity contribution in [2.24, 2.45) is 0 Å². The Morgan fingerprint density at radius 1 is 1.21 bits per heavy atom. The molecular weight excluding hydrogens is 311 g/mol.